The highest BCUT2D eigenvalue weighted by atomic mass is 16.5. The number of hydrogen-bond donors (Lipinski definition) is 0. The Kier molecular flexibility index (Phi) is 4.24. The maximum Gasteiger partial charge on any atom is 0.220 e. The van der Waals surface area contributed by atoms with Crippen molar-refractivity contribution in [2.45, 2.75) is 39.4 Å². The molecule has 0 spiro atoms. The van der Waals surface area contributed by atoms with Crippen LogP contribution in [0.4, 0.5) is 0 Å². The Balaban J connectivity index is 1.61. The highest BCUT2D eigenvalue weighted by Gasteiger charge is 2.30. The van der Waals surface area contributed by atoms with Crippen LogP contribution in [-0.4, -0.2) is 45.0 Å². The number of amides is 1. The first-order chi connectivity index (χ1) is 10.6. The number of hydrogen-bond acceptors (Lipinski definition) is 6. The minimum Gasteiger partial charge on any atom is -0.444 e. The van der Waals surface area contributed by atoms with Gasteiger partial charge in [0.2, 0.25) is 11.8 Å². The Labute approximate surface area is 128 Å². The van der Waals surface area contributed by atoms with Gasteiger partial charge in [0.05, 0.1) is 18.4 Å². The smallest absolute Gasteiger partial charge is 0.220 e. The van der Waals surface area contributed by atoms with Crippen molar-refractivity contribution >= 4 is 5.91 Å². The molecular formula is C15H20N4O3. The molecule has 1 atom stereocenters. The Morgan fingerprint density at radius 2 is 2.41 bits per heavy atom. The molecule has 3 rings (SSSR count). The number of aryl methyl sites for hydroxylation is 1. The van der Waals surface area contributed by atoms with Crippen LogP contribution < -0.4 is 0 Å². The highest BCUT2D eigenvalue weighted by Crippen LogP contribution is 2.20. The summed E-state index contributed by atoms with van der Waals surface area (Å²) in [6.45, 7) is 6.38. The lowest BCUT2D eigenvalue weighted by Gasteiger charge is -2.26. The molecule has 7 heteroatoms. The van der Waals surface area contributed by atoms with Crippen molar-refractivity contribution in [1.82, 2.24) is 19.9 Å². The van der Waals surface area contributed by atoms with Gasteiger partial charge < -0.3 is 13.8 Å². The Morgan fingerprint density at radius 1 is 1.55 bits per heavy atom. The van der Waals surface area contributed by atoms with E-state index < -0.39 is 0 Å². The van der Waals surface area contributed by atoms with E-state index in [0.717, 1.165) is 37.5 Å². The summed E-state index contributed by atoms with van der Waals surface area (Å²) >= 11 is 0. The van der Waals surface area contributed by atoms with E-state index in [1.54, 1.807) is 19.4 Å². The number of carbonyl (C=O) groups excluding carboxylic acids is 1. The van der Waals surface area contributed by atoms with Crippen molar-refractivity contribution < 1.29 is 13.7 Å². The molecule has 0 bridgehead atoms. The monoisotopic (exact) mass is 304 g/mol. The van der Waals surface area contributed by atoms with Gasteiger partial charge in [-0.05, 0) is 13.3 Å². The summed E-state index contributed by atoms with van der Waals surface area (Å²) < 4.78 is 10.4. The zero-order chi connectivity index (χ0) is 15.5. The minimum absolute atomic E-state index is 0.0455. The third-order valence-electron chi connectivity index (χ3n) is 3.94. The van der Waals surface area contributed by atoms with E-state index in [1.165, 1.54) is 0 Å². The summed E-state index contributed by atoms with van der Waals surface area (Å²) in [7, 11) is 0. The second kappa shape index (κ2) is 6.31. The average Bonchev–Trinajstić information content (AvgIpc) is 3.19. The quantitative estimate of drug-likeness (QED) is 0.835. The number of aromatic nitrogens is 2. The zero-order valence-corrected chi connectivity index (χ0v) is 12.9. The van der Waals surface area contributed by atoms with Crippen molar-refractivity contribution in [2.24, 2.45) is 0 Å². The van der Waals surface area contributed by atoms with Gasteiger partial charge >= 0.3 is 0 Å². The summed E-state index contributed by atoms with van der Waals surface area (Å²) in [4.78, 5) is 20.3. The molecule has 0 saturated carbocycles. The SMILES string of the molecule is CC(=O)N(Cc1ncc(C)o1)[C@H]1CCN(Cc2ccon2)C1. The van der Waals surface area contributed by atoms with Crippen LogP contribution in [0.15, 0.2) is 27.5 Å². The molecule has 22 heavy (non-hydrogen) atoms. The standard InChI is InChI=1S/C15H20N4O3/c1-11-7-16-15(22-11)10-19(12(2)20)14-3-5-18(9-14)8-13-4-6-21-17-13/h4,6-7,14H,3,5,8-10H2,1-2H3/t14-/m0/s1. The van der Waals surface area contributed by atoms with Crippen molar-refractivity contribution in [1.29, 1.82) is 0 Å². The largest absolute Gasteiger partial charge is 0.444 e. The maximum atomic E-state index is 12.0. The number of rotatable bonds is 5. The normalized spacial score (nSPS) is 18.7. The van der Waals surface area contributed by atoms with Gasteiger partial charge in [-0.25, -0.2) is 4.98 Å². The molecular weight excluding hydrogens is 284 g/mol. The number of carbonyl (C=O) groups is 1. The van der Waals surface area contributed by atoms with Crippen LogP contribution in [0.25, 0.3) is 0 Å². The number of oxazole rings is 1. The van der Waals surface area contributed by atoms with Gasteiger partial charge in [0.25, 0.3) is 0 Å². The van der Waals surface area contributed by atoms with Gasteiger partial charge in [0.1, 0.15) is 12.0 Å². The van der Waals surface area contributed by atoms with Crippen molar-refractivity contribution in [3.05, 3.63) is 35.9 Å². The third-order valence-corrected chi connectivity index (χ3v) is 3.94. The van der Waals surface area contributed by atoms with E-state index in [1.807, 2.05) is 17.9 Å². The summed E-state index contributed by atoms with van der Waals surface area (Å²) in [6.07, 6.45) is 4.20. The molecule has 0 unspecified atom stereocenters. The molecule has 1 fully saturated rings. The molecule has 0 aromatic carbocycles. The van der Waals surface area contributed by atoms with Crippen LogP contribution in [0, 0.1) is 6.92 Å². The molecule has 1 aliphatic rings. The van der Waals surface area contributed by atoms with Gasteiger partial charge in [0, 0.05) is 38.7 Å². The van der Waals surface area contributed by atoms with E-state index in [0.29, 0.717) is 12.4 Å². The van der Waals surface area contributed by atoms with E-state index in [9.17, 15) is 4.79 Å². The van der Waals surface area contributed by atoms with Gasteiger partial charge in [-0.1, -0.05) is 5.16 Å². The Morgan fingerprint density at radius 3 is 3.05 bits per heavy atom. The zero-order valence-electron chi connectivity index (χ0n) is 12.9. The fraction of sp³-hybridized carbons (Fsp3) is 0.533. The van der Waals surface area contributed by atoms with Crippen molar-refractivity contribution in [3.8, 4) is 0 Å². The lowest BCUT2D eigenvalue weighted by atomic mass is 10.2. The van der Waals surface area contributed by atoms with Crippen LogP contribution in [0.2, 0.25) is 0 Å². The second-order valence-corrected chi connectivity index (χ2v) is 5.68. The fourth-order valence-electron chi connectivity index (χ4n) is 2.88. The predicted molar refractivity (Wildman–Crippen MR) is 77.6 cm³/mol. The van der Waals surface area contributed by atoms with Crippen molar-refractivity contribution in [3.63, 3.8) is 0 Å². The molecule has 7 nitrogen and oxygen atoms in total. The third kappa shape index (κ3) is 3.36. The number of nitrogens with zero attached hydrogens (tertiary/aromatic N) is 4. The fourth-order valence-corrected chi connectivity index (χ4v) is 2.88. The lowest BCUT2D eigenvalue weighted by Crippen LogP contribution is -2.40. The van der Waals surface area contributed by atoms with Gasteiger partial charge in [-0.15, -0.1) is 0 Å². The summed E-state index contributed by atoms with van der Waals surface area (Å²) in [6, 6.07) is 2.04. The number of likely N-dealkylation sites (tertiary alicyclic amines) is 1. The van der Waals surface area contributed by atoms with Gasteiger partial charge in [-0.3, -0.25) is 9.69 Å². The van der Waals surface area contributed by atoms with Crippen molar-refractivity contribution in [2.75, 3.05) is 13.1 Å². The molecule has 118 valence electrons. The highest BCUT2D eigenvalue weighted by molar-refractivity contribution is 5.73. The average molecular weight is 304 g/mol. The van der Waals surface area contributed by atoms with E-state index in [4.69, 9.17) is 8.94 Å². The van der Waals surface area contributed by atoms with E-state index in [2.05, 4.69) is 15.0 Å². The summed E-state index contributed by atoms with van der Waals surface area (Å²) in [5.74, 6) is 1.39. The van der Waals surface area contributed by atoms with E-state index in [-0.39, 0.29) is 11.9 Å². The Hall–Kier alpha value is -2.15. The molecule has 2 aromatic rings. The second-order valence-electron chi connectivity index (χ2n) is 5.68. The van der Waals surface area contributed by atoms with Gasteiger partial charge in [0.15, 0.2) is 0 Å². The minimum atomic E-state index is 0.0455. The lowest BCUT2D eigenvalue weighted by molar-refractivity contribution is -0.132. The Bertz CT molecular complexity index is 623. The van der Waals surface area contributed by atoms with E-state index >= 15 is 0 Å². The maximum absolute atomic E-state index is 12.0. The molecule has 0 N–H and O–H groups in total. The molecule has 0 aliphatic carbocycles. The topological polar surface area (TPSA) is 75.6 Å². The first-order valence-corrected chi connectivity index (χ1v) is 7.42. The molecule has 1 amide bonds. The molecule has 1 aliphatic heterocycles. The molecule has 0 radical (unpaired) electrons. The molecule has 1 saturated heterocycles. The van der Waals surface area contributed by atoms with Gasteiger partial charge in [-0.2, -0.15) is 0 Å². The molecule has 2 aromatic heterocycles. The summed E-state index contributed by atoms with van der Waals surface area (Å²) in [5.41, 5.74) is 0.915. The summed E-state index contributed by atoms with van der Waals surface area (Å²) in [5, 5.41) is 3.93. The van der Waals surface area contributed by atoms with Crippen LogP contribution in [0.3, 0.4) is 0 Å². The first kappa shape index (κ1) is 14.8. The van der Waals surface area contributed by atoms with Crippen LogP contribution in [-0.2, 0) is 17.9 Å². The first-order valence-electron chi connectivity index (χ1n) is 7.42. The molecule has 3 heterocycles. The van der Waals surface area contributed by atoms with Crippen LogP contribution in [0.5, 0.6) is 0 Å². The van der Waals surface area contributed by atoms with Crippen LogP contribution in [0.1, 0.15) is 30.7 Å². The van der Waals surface area contributed by atoms with Crippen LogP contribution >= 0.6 is 0 Å². The predicted octanol–water partition coefficient (Wildman–Crippen LogP) is 1.59.